The van der Waals surface area contributed by atoms with Crippen LogP contribution in [0.1, 0.15) is 55.0 Å². The van der Waals surface area contributed by atoms with Gasteiger partial charge in [0.25, 0.3) is 0 Å². The lowest BCUT2D eigenvalue weighted by molar-refractivity contribution is -0.141. The molecular weight excluding hydrogens is 411 g/mol. The standard InChI is InChI=1S/C24H31FN4O3/c1-32-21-10-8-18(14-27-21)20(13-22(30)31)29-15-24(25,16-29)11-3-2-6-19-9-7-17-5-4-12-26-23(17)28-19/h7-10,14,20H,2-6,11-13,15-16H2,1H3,(H,26,28)(H,30,31)/t20-/m0/s1. The normalized spacial score (nSPS) is 18.2. The topological polar surface area (TPSA) is 87.6 Å². The Morgan fingerprint density at radius 3 is 2.88 bits per heavy atom. The number of carboxylic acid groups (broad SMARTS) is 1. The quantitative estimate of drug-likeness (QED) is 0.541. The van der Waals surface area contributed by atoms with Gasteiger partial charge in [0.2, 0.25) is 5.88 Å². The van der Waals surface area contributed by atoms with E-state index in [-0.39, 0.29) is 25.6 Å². The summed E-state index contributed by atoms with van der Waals surface area (Å²) in [4.78, 5) is 22.1. The monoisotopic (exact) mass is 442 g/mol. The highest BCUT2D eigenvalue weighted by atomic mass is 19.1. The van der Waals surface area contributed by atoms with Crippen molar-refractivity contribution in [1.82, 2.24) is 14.9 Å². The highest BCUT2D eigenvalue weighted by Crippen LogP contribution is 2.38. The number of anilines is 1. The van der Waals surface area contributed by atoms with E-state index in [0.29, 0.717) is 12.3 Å². The lowest BCUT2D eigenvalue weighted by Crippen LogP contribution is -2.60. The predicted molar refractivity (Wildman–Crippen MR) is 120 cm³/mol. The summed E-state index contributed by atoms with van der Waals surface area (Å²) in [6, 6.07) is 7.36. The molecule has 0 bridgehead atoms. The third-order valence-electron chi connectivity index (χ3n) is 6.39. The second-order valence-electron chi connectivity index (χ2n) is 8.85. The molecule has 0 amide bonds. The molecule has 0 aliphatic carbocycles. The molecule has 2 aliphatic rings. The van der Waals surface area contributed by atoms with Gasteiger partial charge in [-0.2, -0.15) is 0 Å². The SMILES string of the molecule is COc1ccc([C@H](CC(=O)O)N2CC(F)(CCCCc3ccc4c(n3)NCCC4)C2)cn1. The molecule has 0 spiro atoms. The molecule has 2 aromatic heterocycles. The first-order valence-corrected chi connectivity index (χ1v) is 11.3. The number of hydrogen-bond donors (Lipinski definition) is 2. The fourth-order valence-electron chi connectivity index (χ4n) is 4.65. The maximum absolute atomic E-state index is 15.2. The summed E-state index contributed by atoms with van der Waals surface area (Å²) in [5, 5.41) is 12.7. The van der Waals surface area contributed by atoms with Crippen LogP contribution >= 0.6 is 0 Å². The average molecular weight is 443 g/mol. The number of alkyl halides is 1. The molecule has 0 saturated carbocycles. The van der Waals surface area contributed by atoms with Gasteiger partial charge in [-0.05, 0) is 55.7 Å². The van der Waals surface area contributed by atoms with Crippen molar-refractivity contribution < 1.29 is 19.0 Å². The molecule has 172 valence electrons. The van der Waals surface area contributed by atoms with Crippen molar-refractivity contribution in [2.75, 3.05) is 32.1 Å². The zero-order valence-corrected chi connectivity index (χ0v) is 18.5. The van der Waals surface area contributed by atoms with E-state index in [1.165, 1.54) is 12.7 Å². The molecule has 0 unspecified atom stereocenters. The Kier molecular flexibility index (Phi) is 6.89. The van der Waals surface area contributed by atoms with Gasteiger partial charge in [-0.1, -0.05) is 12.1 Å². The van der Waals surface area contributed by atoms with Gasteiger partial charge in [-0.3, -0.25) is 9.69 Å². The van der Waals surface area contributed by atoms with Crippen molar-refractivity contribution in [2.45, 2.75) is 56.7 Å². The molecule has 32 heavy (non-hydrogen) atoms. The highest BCUT2D eigenvalue weighted by molar-refractivity contribution is 5.68. The minimum Gasteiger partial charge on any atom is -0.481 e. The van der Waals surface area contributed by atoms with Gasteiger partial charge in [0.15, 0.2) is 0 Å². The lowest BCUT2D eigenvalue weighted by Gasteiger charge is -2.48. The van der Waals surface area contributed by atoms with Gasteiger partial charge in [0.05, 0.1) is 13.5 Å². The predicted octanol–water partition coefficient (Wildman–Crippen LogP) is 3.80. The van der Waals surface area contributed by atoms with Crippen LogP contribution in [-0.2, 0) is 17.6 Å². The summed E-state index contributed by atoms with van der Waals surface area (Å²) in [5.41, 5.74) is 1.83. The first kappa shape index (κ1) is 22.5. The number of hydrogen-bond acceptors (Lipinski definition) is 6. The first-order chi connectivity index (χ1) is 15.5. The number of nitrogens with one attached hydrogen (secondary N) is 1. The van der Waals surface area contributed by atoms with Gasteiger partial charge in [0, 0.05) is 43.6 Å². The molecule has 2 aliphatic heterocycles. The molecule has 4 rings (SSSR count). The summed E-state index contributed by atoms with van der Waals surface area (Å²) in [7, 11) is 1.53. The Hall–Kier alpha value is -2.74. The van der Waals surface area contributed by atoms with Crippen molar-refractivity contribution in [3.63, 3.8) is 0 Å². The Balaban J connectivity index is 1.26. The van der Waals surface area contributed by atoms with Gasteiger partial charge in [0.1, 0.15) is 11.5 Å². The van der Waals surface area contributed by atoms with E-state index < -0.39 is 11.6 Å². The molecule has 4 heterocycles. The zero-order chi connectivity index (χ0) is 22.6. The van der Waals surface area contributed by atoms with Crippen molar-refractivity contribution in [3.05, 3.63) is 47.3 Å². The molecule has 7 nitrogen and oxygen atoms in total. The second kappa shape index (κ2) is 9.81. The van der Waals surface area contributed by atoms with E-state index >= 15 is 4.39 Å². The number of ether oxygens (including phenoxy) is 1. The van der Waals surface area contributed by atoms with Crippen molar-refractivity contribution in [3.8, 4) is 5.88 Å². The van der Waals surface area contributed by atoms with E-state index in [1.807, 2.05) is 4.90 Å². The number of carbonyl (C=O) groups is 1. The van der Waals surface area contributed by atoms with Crippen molar-refractivity contribution >= 4 is 11.8 Å². The Morgan fingerprint density at radius 2 is 2.16 bits per heavy atom. The summed E-state index contributed by atoms with van der Waals surface area (Å²) < 4.78 is 20.3. The number of aliphatic carboxylic acids is 1. The molecule has 0 aromatic carbocycles. The summed E-state index contributed by atoms with van der Waals surface area (Å²) >= 11 is 0. The van der Waals surface area contributed by atoms with E-state index in [1.54, 1.807) is 18.3 Å². The number of pyridine rings is 2. The first-order valence-electron chi connectivity index (χ1n) is 11.3. The Labute approximate surface area is 188 Å². The Bertz CT molecular complexity index is 931. The third-order valence-corrected chi connectivity index (χ3v) is 6.39. The number of aryl methyl sites for hydroxylation is 2. The van der Waals surface area contributed by atoms with Gasteiger partial charge in [-0.15, -0.1) is 0 Å². The van der Waals surface area contributed by atoms with E-state index in [4.69, 9.17) is 9.72 Å². The highest BCUT2D eigenvalue weighted by Gasteiger charge is 2.46. The molecule has 1 fully saturated rings. The molecule has 1 saturated heterocycles. The van der Waals surface area contributed by atoms with Crippen LogP contribution in [0.3, 0.4) is 0 Å². The van der Waals surface area contributed by atoms with E-state index in [9.17, 15) is 9.90 Å². The number of nitrogens with zero attached hydrogens (tertiary/aromatic N) is 3. The molecule has 1 atom stereocenters. The molecule has 2 aromatic rings. The number of carboxylic acids is 1. The van der Waals surface area contributed by atoms with Gasteiger partial charge in [-0.25, -0.2) is 14.4 Å². The number of methoxy groups -OCH3 is 1. The molecule has 8 heteroatoms. The minimum absolute atomic E-state index is 0.0812. The number of aromatic nitrogens is 2. The van der Waals surface area contributed by atoms with Gasteiger partial charge >= 0.3 is 5.97 Å². The van der Waals surface area contributed by atoms with Crippen LogP contribution < -0.4 is 10.1 Å². The summed E-state index contributed by atoms with van der Waals surface area (Å²) in [5.74, 6) is 0.563. The smallest absolute Gasteiger partial charge is 0.305 e. The van der Waals surface area contributed by atoms with Crippen LogP contribution in [0.2, 0.25) is 0 Å². The zero-order valence-electron chi connectivity index (χ0n) is 18.5. The van der Waals surface area contributed by atoms with Crippen LogP contribution in [0.5, 0.6) is 5.88 Å². The number of halogens is 1. The summed E-state index contributed by atoms with van der Waals surface area (Å²) in [6.45, 7) is 1.47. The van der Waals surface area contributed by atoms with Crippen LogP contribution in [0, 0.1) is 0 Å². The van der Waals surface area contributed by atoms with Crippen LogP contribution in [0.15, 0.2) is 30.5 Å². The van der Waals surface area contributed by atoms with Crippen molar-refractivity contribution in [2.24, 2.45) is 0 Å². The molecule has 0 radical (unpaired) electrons. The van der Waals surface area contributed by atoms with Crippen molar-refractivity contribution in [1.29, 1.82) is 0 Å². The van der Waals surface area contributed by atoms with Crippen LogP contribution in [0.4, 0.5) is 10.2 Å². The van der Waals surface area contributed by atoms with E-state index in [2.05, 4.69) is 22.4 Å². The second-order valence-corrected chi connectivity index (χ2v) is 8.85. The van der Waals surface area contributed by atoms with Crippen LogP contribution in [0.25, 0.3) is 0 Å². The number of fused-ring (bicyclic) bond motifs is 1. The lowest BCUT2D eigenvalue weighted by atomic mass is 9.86. The number of rotatable bonds is 10. The average Bonchev–Trinajstić information content (AvgIpc) is 2.78. The molecule has 2 N–H and O–H groups in total. The van der Waals surface area contributed by atoms with E-state index in [0.717, 1.165) is 55.7 Å². The third kappa shape index (κ3) is 5.35. The van der Waals surface area contributed by atoms with Crippen LogP contribution in [-0.4, -0.2) is 58.4 Å². The fraction of sp³-hybridized carbons (Fsp3) is 0.542. The fourth-order valence-corrected chi connectivity index (χ4v) is 4.65. The number of unbranched alkanes of at least 4 members (excludes halogenated alkanes) is 1. The molecular formula is C24H31FN4O3. The van der Waals surface area contributed by atoms with Gasteiger partial charge < -0.3 is 15.2 Å². The minimum atomic E-state index is -1.26. The largest absolute Gasteiger partial charge is 0.481 e. The summed E-state index contributed by atoms with van der Waals surface area (Å²) in [6.07, 6.45) is 6.75. The Morgan fingerprint density at radius 1 is 1.31 bits per heavy atom. The number of likely N-dealkylation sites (tertiary alicyclic amines) is 1. The maximum atomic E-state index is 15.2. The maximum Gasteiger partial charge on any atom is 0.305 e.